The summed E-state index contributed by atoms with van der Waals surface area (Å²) in [5, 5.41) is 3.66. The monoisotopic (exact) mass is 296 g/mol. The molecule has 0 spiro atoms. The van der Waals surface area contributed by atoms with Crippen molar-refractivity contribution in [1.82, 2.24) is 5.16 Å². The summed E-state index contributed by atoms with van der Waals surface area (Å²) in [5.41, 5.74) is 1.11. The maximum Gasteiger partial charge on any atom is 0.269 e. The van der Waals surface area contributed by atoms with Crippen molar-refractivity contribution in [1.29, 1.82) is 0 Å². The first-order chi connectivity index (χ1) is 9.43. The van der Waals surface area contributed by atoms with E-state index in [1.54, 1.807) is 19.1 Å². The van der Waals surface area contributed by atoms with E-state index >= 15 is 0 Å². The topological polar surface area (TPSA) is 63.4 Å². The Morgan fingerprint density at radius 3 is 2.75 bits per heavy atom. The van der Waals surface area contributed by atoms with E-state index in [2.05, 4.69) is 5.16 Å². The number of nitrogens with zero attached hydrogens (tertiary/aromatic N) is 2. The molecule has 0 saturated heterocycles. The summed E-state index contributed by atoms with van der Waals surface area (Å²) in [6, 6.07) is 4.58. The highest BCUT2D eigenvalue weighted by Gasteiger charge is 2.36. The molecule has 0 amide bonds. The van der Waals surface area contributed by atoms with E-state index in [9.17, 15) is 12.8 Å². The Bertz CT molecular complexity index is 763. The summed E-state index contributed by atoms with van der Waals surface area (Å²) in [6.45, 7) is 3.32. The van der Waals surface area contributed by atoms with Crippen molar-refractivity contribution >= 4 is 15.7 Å². The van der Waals surface area contributed by atoms with E-state index in [-0.39, 0.29) is 28.6 Å². The predicted octanol–water partition coefficient (Wildman–Crippen LogP) is 2.18. The fourth-order valence-electron chi connectivity index (χ4n) is 2.57. The number of anilines is 1. The molecule has 0 unspecified atom stereocenters. The number of halogens is 1. The molecule has 2 aromatic rings. The highest BCUT2D eigenvalue weighted by molar-refractivity contribution is 7.93. The number of aromatic nitrogens is 1. The van der Waals surface area contributed by atoms with E-state index in [0.29, 0.717) is 12.0 Å². The van der Waals surface area contributed by atoms with Gasteiger partial charge in [0.05, 0.1) is 5.69 Å². The first kappa shape index (κ1) is 13.1. The van der Waals surface area contributed by atoms with Gasteiger partial charge < -0.3 is 4.52 Å². The average molecular weight is 296 g/mol. The van der Waals surface area contributed by atoms with Gasteiger partial charge in [0.2, 0.25) is 0 Å². The van der Waals surface area contributed by atoms with Crippen LogP contribution in [0.2, 0.25) is 0 Å². The van der Waals surface area contributed by atoms with Crippen molar-refractivity contribution in [3.8, 4) is 0 Å². The van der Waals surface area contributed by atoms with Crippen LogP contribution in [-0.2, 0) is 16.4 Å². The molecule has 1 aliphatic rings. The first-order valence-electron chi connectivity index (χ1n) is 6.16. The quantitative estimate of drug-likeness (QED) is 0.852. The summed E-state index contributed by atoms with van der Waals surface area (Å²) >= 11 is 0. The molecule has 2 heterocycles. The van der Waals surface area contributed by atoms with Gasteiger partial charge in [-0.25, -0.2) is 12.8 Å². The Hall–Kier alpha value is -1.89. The van der Waals surface area contributed by atoms with Gasteiger partial charge in [0, 0.05) is 6.54 Å². The molecule has 5 nitrogen and oxygen atoms in total. The summed E-state index contributed by atoms with van der Waals surface area (Å²) in [5.74, 6) is -0.317. The minimum absolute atomic E-state index is 0.0219. The third-order valence-electron chi connectivity index (χ3n) is 3.42. The molecule has 3 rings (SSSR count). The highest BCUT2D eigenvalue weighted by atomic mass is 32.2. The zero-order valence-electron chi connectivity index (χ0n) is 11.1. The van der Waals surface area contributed by atoms with Crippen LogP contribution >= 0.6 is 0 Å². The van der Waals surface area contributed by atoms with Crippen molar-refractivity contribution in [3.05, 3.63) is 41.0 Å². The number of hydrogen-bond acceptors (Lipinski definition) is 4. The Balaban J connectivity index is 2.17. The molecule has 0 aliphatic carbocycles. The first-order valence-corrected chi connectivity index (χ1v) is 7.60. The van der Waals surface area contributed by atoms with Gasteiger partial charge in [0.1, 0.15) is 11.5 Å². The molecule has 0 fully saturated rings. The average Bonchev–Trinajstić information content (AvgIpc) is 2.95. The number of rotatable bonds is 2. The van der Waals surface area contributed by atoms with Crippen LogP contribution in [-0.4, -0.2) is 20.1 Å². The van der Waals surface area contributed by atoms with Crippen molar-refractivity contribution in [2.75, 3.05) is 10.8 Å². The largest absolute Gasteiger partial charge is 0.360 e. The van der Waals surface area contributed by atoms with E-state index in [4.69, 9.17) is 4.52 Å². The zero-order chi connectivity index (χ0) is 14.5. The maximum atomic E-state index is 14.0. The van der Waals surface area contributed by atoms with E-state index in [0.717, 1.165) is 4.31 Å². The molecule has 1 aliphatic heterocycles. The van der Waals surface area contributed by atoms with Crippen molar-refractivity contribution in [2.45, 2.75) is 25.2 Å². The SMILES string of the molecule is Cc1noc(C)c1S(=O)(=O)N1CCc2cccc(F)c21. The fraction of sp³-hybridized carbons (Fsp3) is 0.308. The second-order valence-electron chi connectivity index (χ2n) is 4.73. The van der Waals surface area contributed by atoms with E-state index in [1.165, 1.54) is 13.0 Å². The van der Waals surface area contributed by atoms with Gasteiger partial charge in [0.15, 0.2) is 10.7 Å². The van der Waals surface area contributed by atoms with Crippen molar-refractivity contribution in [3.63, 3.8) is 0 Å². The Morgan fingerprint density at radius 2 is 2.10 bits per heavy atom. The van der Waals surface area contributed by atoms with Crippen molar-refractivity contribution < 1.29 is 17.3 Å². The smallest absolute Gasteiger partial charge is 0.269 e. The lowest BCUT2D eigenvalue weighted by atomic mass is 10.2. The van der Waals surface area contributed by atoms with Crippen LogP contribution in [0.5, 0.6) is 0 Å². The molecule has 0 atom stereocenters. The van der Waals surface area contributed by atoms with Gasteiger partial charge in [-0.15, -0.1) is 0 Å². The third-order valence-corrected chi connectivity index (χ3v) is 5.46. The number of sulfonamides is 1. The van der Waals surface area contributed by atoms with Gasteiger partial charge >= 0.3 is 0 Å². The molecule has 7 heteroatoms. The minimum atomic E-state index is -3.86. The number of fused-ring (bicyclic) bond motifs is 1. The van der Waals surface area contributed by atoms with Gasteiger partial charge in [-0.3, -0.25) is 4.31 Å². The van der Waals surface area contributed by atoms with Gasteiger partial charge in [0.25, 0.3) is 10.0 Å². The molecule has 1 aromatic heterocycles. The van der Waals surface area contributed by atoms with Crippen molar-refractivity contribution in [2.24, 2.45) is 0 Å². The number of benzene rings is 1. The van der Waals surface area contributed by atoms with Crippen LogP contribution in [0.25, 0.3) is 0 Å². The molecular weight excluding hydrogens is 283 g/mol. The lowest BCUT2D eigenvalue weighted by molar-refractivity contribution is 0.390. The van der Waals surface area contributed by atoms with Gasteiger partial charge in [-0.05, 0) is 31.9 Å². The molecule has 0 saturated carbocycles. The fourth-order valence-corrected chi connectivity index (χ4v) is 4.38. The standard InChI is InChI=1S/C13H13FN2O3S/c1-8-13(9(2)19-15-8)20(17,18)16-7-6-10-4-3-5-11(14)12(10)16/h3-5H,6-7H2,1-2H3. The normalized spacial score (nSPS) is 14.7. The molecule has 106 valence electrons. The van der Waals surface area contributed by atoms with Crippen LogP contribution in [0.15, 0.2) is 27.6 Å². The lowest BCUT2D eigenvalue weighted by Crippen LogP contribution is -2.30. The molecule has 1 aromatic carbocycles. The van der Waals surface area contributed by atoms with Crippen LogP contribution in [0, 0.1) is 19.7 Å². The molecule has 20 heavy (non-hydrogen) atoms. The van der Waals surface area contributed by atoms with Crippen LogP contribution in [0.4, 0.5) is 10.1 Å². The van der Waals surface area contributed by atoms with E-state index in [1.807, 2.05) is 0 Å². The number of aryl methyl sites for hydroxylation is 2. The second kappa shape index (κ2) is 4.31. The van der Waals surface area contributed by atoms with Gasteiger partial charge in [-0.2, -0.15) is 0 Å². The Kier molecular flexibility index (Phi) is 2.82. The maximum absolute atomic E-state index is 14.0. The van der Waals surface area contributed by atoms with Gasteiger partial charge in [-0.1, -0.05) is 17.3 Å². The zero-order valence-corrected chi connectivity index (χ0v) is 11.9. The number of hydrogen-bond donors (Lipinski definition) is 0. The number of para-hydroxylation sites is 1. The van der Waals surface area contributed by atoms with Crippen LogP contribution in [0.1, 0.15) is 17.0 Å². The van der Waals surface area contributed by atoms with Crippen LogP contribution in [0.3, 0.4) is 0 Å². The Labute approximate surface area is 116 Å². The molecule has 0 radical (unpaired) electrons. The summed E-state index contributed by atoms with van der Waals surface area (Å²) in [4.78, 5) is 0.0219. The molecule has 0 N–H and O–H groups in total. The summed E-state index contributed by atoms with van der Waals surface area (Å²) in [7, 11) is -3.86. The predicted molar refractivity (Wildman–Crippen MR) is 70.6 cm³/mol. The Morgan fingerprint density at radius 1 is 1.35 bits per heavy atom. The molecule has 0 bridgehead atoms. The summed E-state index contributed by atoms with van der Waals surface area (Å²) in [6.07, 6.45) is 0.496. The lowest BCUT2D eigenvalue weighted by Gasteiger charge is -2.19. The summed E-state index contributed by atoms with van der Waals surface area (Å²) < 4.78 is 45.4. The third kappa shape index (κ3) is 1.73. The minimum Gasteiger partial charge on any atom is -0.360 e. The second-order valence-corrected chi connectivity index (χ2v) is 6.53. The van der Waals surface area contributed by atoms with E-state index < -0.39 is 15.8 Å². The molecular formula is C13H13FN2O3S. The van der Waals surface area contributed by atoms with Crippen LogP contribution < -0.4 is 4.31 Å². The highest BCUT2D eigenvalue weighted by Crippen LogP contribution is 2.36.